The summed E-state index contributed by atoms with van der Waals surface area (Å²) in [5.74, 6) is 0.322. The van der Waals surface area contributed by atoms with Crippen LogP contribution < -0.4 is 0 Å². The van der Waals surface area contributed by atoms with Gasteiger partial charge in [0.15, 0.2) is 5.15 Å². The molecule has 0 N–H and O–H groups in total. The summed E-state index contributed by atoms with van der Waals surface area (Å²) >= 11 is 5.94. The van der Waals surface area contributed by atoms with Crippen molar-refractivity contribution in [3.05, 3.63) is 34.9 Å². The SMILES string of the molecule is COC(=O)c1cccn2c(C)nc(Cl)c12. The Balaban J connectivity index is 2.80. The number of esters is 1. The van der Waals surface area contributed by atoms with Crippen LogP contribution in [-0.4, -0.2) is 22.5 Å². The maximum Gasteiger partial charge on any atom is 0.340 e. The third-order valence-electron chi connectivity index (χ3n) is 2.20. The van der Waals surface area contributed by atoms with Crippen molar-refractivity contribution < 1.29 is 9.53 Å². The second-order valence-electron chi connectivity index (χ2n) is 3.08. The lowest BCUT2D eigenvalue weighted by Crippen LogP contribution is -2.03. The number of nitrogens with zero attached hydrogens (tertiary/aromatic N) is 2. The van der Waals surface area contributed by atoms with Gasteiger partial charge in [-0.2, -0.15) is 0 Å². The minimum absolute atomic E-state index is 0.313. The molecule has 0 aromatic carbocycles. The van der Waals surface area contributed by atoms with Gasteiger partial charge in [-0.25, -0.2) is 9.78 Å². The highest BCUT2D eigenvalue weighted by atomic mass is 35.5. The van der Waals surface area contributed by atoms with Crippen LogP contribution in [0.1, 0.15) is 16.2 Å². The molecule has 2 heterocycles. The van der Waals surface area contributed by atoms with Crippen molar-refractivity contribution in [2.45, 2.75) is 6.92 Å². The number of aromatic nitrogens is 2. The van der Waals surface area contributed by atoms with Gasteiger partial charge in [0.1, 0.15) is 5.82 Å². The molecule has 0 bridgehead atoms. The summed E-state index contributed by atoms with van der Waals surface area (Å²) in [4.78, 5) is 15.6. The maximum absolute atomic E-state index is 11.5. The fraction of sp³-hybridized carbons (Fsp3) is 0.200. The van der Waals surface area contributed by atoms with Crippen LogP contribution in [0.2, 0.25) is 5.15 Å². The Morgan fingerprint density at radius 1 is 1.60 bits per heavy atom. The molecule has 0 spiro atoms. The topological polar surface area (TPSA) is 43.6 Å². The lowest BCUT2D eigenvalue weighted by molar-refractivity contribution is 0.0602. The van der Waals surface area contributed by atoms with Crippen molar-refractivity contribution in [3.63, 3.8) is 0 Å². The molecule has 4 nitrogen and oxygen atoms in total. The van der Waals surface area contributed by atoms with E-state index in [-0.39, 0.29) is 0 Å². The molecular formula is C10H9ClN2O2. The highest BCUT2D eigenvalue weighted by Crippen LogP contribution is 2.22. The standard InChI is InChI=1S/C10H9ClN2O2/c1-6-12-9(11)8-7(10(14)15-2)4-3-5-13(6)8/h3-5H,1-2H3. The summed E-state index contributed by atoms with van der Waals surface area (Å²) in [5.41, 5.74) is 1.01. The van der Waals surface area contributed by atoms with E-state index in [4.69, 9.17) is 11.6 Å². The zero-order chi connectivity index (χ0) is 11.0. The molecule has 0 aliphatic carbocycles. The van der Waals surface area contributed by atoms with Gasteiger partial charge in [-0.3, -0.25) is 0 Å². The van der Waals surface area contributed by atoms with Gasteiger partial charge in [0.25, 0.3) is 0 Å². The van der Waals surface area contributed by atoms with Crippen molar-refractivity contribution in [1.82, 2.24) is 9.38 Å². The average Bonchev–Trinajstić information content (AvgIpc) is 2.54. The first-order valence-electron chi connectivity index (χ1n) is 4.36. The predicted molar refractivity (Wildman–Crippen MR) is 56.3 cm³/mol. The van der Waals surface area contributed by atoms with Gasteiger partial charge in [-0.15, -0.1) is 0 Å². The van der Waals surface area contributed by atoms with Gasteiger partial charge in [0.05, 0.1) is 18.2 Å². The number of rotatable bonds is 1. The normalized spacial score (nSPS) is 10.6. The molecule has 78 valence electrons. The molecule has 0 atom stereocenters. The first-order chi connectivity index (χ1) is 7.15. The minimum Gasteiger partial charge on any atom is -0.465 e. The molecular weight excluding hydrogens is 216 g/mol. The Hall–Kier alpha value is -1.55. The Morgan fingerprint density at radius 2 is 2.33 bits per heavy atom. The molecule has 0 aliphatic heterocycles. The third-order valence-corrected chi connectivity index (χ3v) is 2.47. The Kier molecular flexibility index (Phi) is 2.36. The van der Waals surface area contributed by atoms with Crippen LogP contribution in [0.5, 0.6) is 0 Å². The van der Waals surface area contributed by atoms with Crippen LogP contribution in [0, 0.1) is 6.92 Å². The summed E-state index contributed by atoms with van der Waals surface area (Å²) in [7, 11) is 1.34. The van der Waals surface area contributed by atoms with Crippen LogP contribution in [-0.2, 0) is 4.74 Å². The fourth-order valence-corrected chi connectivity index (χ4v) is 1.83. The summed E-state index contributed by atoms with van der Waals surface area (Å²) in [6.07, 6.45) is 1.80. The Labute approximate surface area is 91.4 Å². The number of halogens is 1. The van der Waals surface area contributed by atoms with E-state index >= 15 is 0 Å². The number of carbonyl (C=O) groups excluding carboxylic acids is 1. The van der Waals surface area contributed by atoms with Crippen LogP contribution in [0.25, 0.3) is 5.52 Å². The van der Waals surface area contributed by atoms with Gasteiger partial charge in [-0.05, 0) is 19.1 Å². The molecule has 0 fully saturated rings. The fourth-order valence-electron chi connectivity index (χ4n) is 1.51. The quantitative estimate of drug-likeness (QED) is 0.697. The average molecular weight is 225 g/mol. The number of imidazole rings is 1. The van der Waals surface area contributed by atoms with Crippen molar-refractivity contribution in [2.75, 3.05) is 7.11 Å². The van der Waals surface area contributed by atoms with E-state index in [1.165, 1.54) is 7.11 Å². The van der Waals surface area contributed by atoms with E-state index in [1.54, 1.807) is 22.7 Å². The van der Waals surface area contributed by atoms with Crippen LogP contribution in [0.3, 0.4) is 0 Å². The summed E-state index contributed by atoms with van der Waals surface area (Å²) in [6.45, 7) is 1.82. The first kappa shape index (κ1) is 9.98. The van der Waals surface area contributed by atoms with E-state index in [2.05, 4.69) is 9.72 Å². The largest absolute Gasteiger partial charge is 0.465 e. The van der Waals surface area contributed by atoms with E-state index in [0.29, 0.717) is 16.2 Å². The molecule has 5 heteroatoms. The Bertz CT molecular complexity index is 533. The molecule has 2 aromatic heterocycles. The predicted octanol–water partition coefficient (Wildman–Crippen LogP) is 2.08. The van der Waals surface area contributed by atoms with E-state index < -0.39 is 5.97 Å². The van der Waals surface area contributed by atoms with Gasteiger partial charge in [-0.1, -0.05) is 11.6 Å². The molecule has 0 radical (unpaired) electrons. The number of hydrogen-bond acceptors (Lipinski definition) is 3. The zero-order valence-electron chi connectivity index (χ0n) is 8.32. The van der Waals surface area contributed by atoms with Crippen LogP contribution in [0.15, 0.2) is 18.3 Å². The van der Waals surface area contributed by atoms with Gasteiger partial charge >= 0.3 is 5.97 Å². The number of pyridine rings is 1. The highest BCUT2D eigenvalue weighted by molar-refractivity contribution is 6.33. The summed E-state index contributed by atoms with van der Waals surface area (Å²) in [5, 5.41) is 0.313. The number of methoxy groups -OCH3 is 1. The maximum atomic E-state index is 11.5. The third kappa shape index (κ3) is 1.47. The number of carbonyl (C=O) groups is 1. The molecule has 0 aliphatic rings. The number of hydrogen-bond donors (Lipinski definition) is 0. The number of fused-ring (bicyclic) bond motifs is 1. The second-order valence-corrected chi connectivity index (χ2v) is 3.44. The molecule has 0 saturated carbocycles. The summed E-state index contributed by atoms with van der Waals surface area (Å²) in [6, 6.07) is 3.42. The monoisotopic (exact) mass is 224 g/mol. The van der Waals surface area contributed by atoms with Gasteiger partial charge in [0.2, 0.25) is 0 Å². The zero-order valence-corrected chi connectivity index (χ0v) is 9.08. The lowest BCUT2D eigenvalue weighted by atomic mass is 10.2. The number of ether oxygens (including phenoxy) is 1. The molecule has 0 unspecified atom stereocenters. The van der Waals surface area contributed by atoms with E-state index in [1.807, 2.05) is 6.92 Å². The summed E-state index contributed by atoms with van der Waals surface area (Å²) < 4.78 is 6.43. The van der Waals surface area contributed by atoms with Gasteiger partial charge < -0.3 is 9.14 Å². The van der Waals surface area contributed by atoms with Crippen LogP contribution >= 0.6 is 11.6 Å². The molecule has 15 heavy (non-hydrogen) atoms. The lowest BCUT2D eigenvalue weighted by Gasteiger charge is -2.02. The van der Waals surface area contributed by atoms with Gasteiger partial charge in [0, 0.05) is 6.20 Å². The van der Waals surface area contributed by atoms with E-state index in [9.17, 15) is 4.79 Å². The molecule has 0 amide bonds. The van der Waals surface area contributed by atoms with Crippen molar-refractivity contribution in [1.29, 1.82) is 0 Å². The Morgan fingerprint density at radius 3 is 3.00 bits per heavy atom. The molecule has 2 rings (SSSR count). The minimum atomic E-state index is -0.414. The first-order valence-corrected chi connectivity index (χ1v) is 4.74. The second kappa shape index (κ2) is 3.55. The van der Waals surface area contributed by atoms with Crippen molar-refractivity contribution in [2.24, 2.45) is 0 Å². The highest BCUT2D eigenvalue weighted by Gasteiger charge is 2.15. The van der Waals surface area contributed by atoms with Crippen molar-refractivity contribution in [3.8, 4) is 0 Å². The molecule has 0 saturated heterocycles. The number of aryl methyl sites for hydroxylation is 1. The van der Waals surface area contributed by atoms with Crippen molar-refractivity contribution >= 4 is 23.1 Å². The molecule has 2 aromatic rings. The van der Waals surface area contributed by atoms with Crippen LogP contribution in [0.4, 0.5) is 0 Å². The smallest absolute Gasteiger partial charge is 0.340 e. The van der Waals surface area contributed by atoms with E-state index in [0.717, 1.165) is 5.82 Å².